The first-order chi connectivity index (χ1) is 7.87. The van der Waals surface area contributed by atoms with E-state index in [-0.39, 0.29) is 11.4 Å². The van der Waals surface area contributed by atoms with Crippen molar-refractivity contribution in [3.63, 3.8) is 0 Å². The Balaban J connectivity index is 2.23. The van der Waals surface area contributed by atoms with E-state index in [1.165, 1.54) is 12.8 Å². The number of piperidine rings is 1. The summed E-state index contributed by atoms with van der Waals surface area (Å²) < 4.78 is 0. The fraction of sp³-hybridized carbons (Fsp3) is 0.923. The average molecular weight is 241 g/mol. The molecule has 0 aromatic rings. The molecule has 1 heterocycles. The van der Waals surface area contributed by atoms with Gasteiger partial charge in [-0.2, -0.15) is 0 Å². The van der Waals surface area contributed by atoms with Crippen molar-refractivity contribution in [1.82, 2.24) is 15.5 Å². The summed E-state index contributed by atoms with van der Waals surface area (Å²) in [7, 11) is 2.03. The molecule has 1 rings (SSSR count). The van der Waals surface area contributed by atoms with Crippen molar-refractivity contribution in [3.05, 3.63) is 0 Å². The van der Waals surface area contributed by atoms with E-state index in [1.54, 1.807) is 0 Å². The minimum Gasteiger partial charge on any atom is -0.350 e. The monoisotopic (exact) mass is 241 g/mol. The van der Waals surface area contributed by atoms with E-state index in [1.807, 2.05) is 27.8 Å². The summed E-state index contributed by atoms with van der Waals surface area (Å²) in [6.07, 6.45) is 2.45. The molecular weight excluding hydrogens is 214 g/mol. The SMILES string of the molecule is CN(CC(=O)NC(C)(C)C)CC1CCNCC1. The van der Waals surface area contributed by atoms with Gasteiger partial charge in [0.05, 0.1) is 6.54 Å². The molecule has 1 amide bonds. The van der Waals surface area contributed by atoms with Crippen LogP contribution in [0.25, 0.3) is 0 Å². The highest BCUT2D eigenvalue weighted by atomic mass is 16.2. The maximum atomic E-state index is 11.7. The van der Waals surface area contributed by atoms with Crippen LogP contribution in [0.5, 0.6) is 0 Å². The summed E-state index contributed by atoms with van der Waals surface area (Å²) in [5, 5.41) is 6.36. The molecule has 0 atom stereocenters. The molecule has 0 bridgehead atoms. The van der Waals surface area contributed by atoms with E-state index < -0.39 is 0 Å². The van der Waals surface area contributed by atoms with Gasteiger partial charge in [-0.3, -0.25) is 9.69 Å². The van der Waals surface area contributed by atoms with Gasteiger partial charge in [-0.1, -0.05) is 0 Å². The lowest BCUT2D eigenvalue weighted by atomic mass is 9.98. The number of hydrogen-bond acceptors (Lipinski definition) is 3. The van der Waals surface area contributed by atoms with Crippen molar-refractivity contribution in [2.45, 2.75) is 39.2 Å². The molecule has 0 unspecified atom stereocenters. The Morgan fingerprint density at radius 2 is 1.94 bits per heavy atom. The van der Waals surface area contributed by atoms with Crippen molar-refractivity contribution < 1.29 is 4.79 Å². The zero-order valence-corrected chi connectivity index (χ0v) is 11.7. The Bertz CT molecular complexity index is 242. The molecule has 1 fully saturated rings. The molecule has 2 N–H and O–H groups in total. The van der Waals surface area contributed by atoms with Crippen molar-refractivity contribution in [3.8, 4) is 0 Å². The largest absolute Gasteiger partial charge is 0.350 e. The molecule has 0 aromatic heterocycles. The highest BCUT2D eigenvalue weighted by Crippen LogP contribution is 2.12. The van der Waals surface area contributed by atoms with E-state index >= 15 is 0 Å². The fourth-order valence-corrected chi connectivity index (χ4v) is 2.27. The van der Waals surface area contributed by atoms with Crippen LogP contribution in [0.1, 0.15) is 33.6 Å². The minimum absolute atomic E-state index is 0.119. The second kappa shape index (κ2) is 6.36. The molecule has 0 aliphatic carbocycles. The number of nitrogens with one attached hydrogen (secondary N) is 2. The van der Waals surface area contributed by atoms with Gasteiger partial charge in [0.25, 0.3) is 0 Å². The van der Waals surface area contributed by atoms with E-state index in [4.69, 9.17) is 0 Å². The molecule has 4 nitrogen and oxygen atoms in total. The molecule has 1 aliphatic heterocycles. The Morgan fingerprint density at radius 1 is 1.35 bits per heavy atom. The summed E-state index contributed by atoms with van der Waals surface area (Å²) in [6, 6.07) is 0. The topological polar surface area (TPSA) is 44.4 Å². The van der Waals surface area contributed by atoms with Crippen molar-refractivity contribution in [1.29, 1.82) is 0 Å². The Morgan fingerprint density at radius 3 is 2.47 bits per heavy atom. The molecule has 100 valence electrons. The molecule has 0 aromatic carbocycles. The van der Waals surface area contributed by atoms with Crippen LogP contribution in [-0.2, 0) is 4.79 Å². The molecule has 0 saturated carbocycles. The molecular formula is C13H27N3O. The normalized spacial score (nSPS) is 18.4. The van der Waals surface area contributed by atoms with Gasteiger partial charge in [-0.25, -0.2) is 0 Å². The lowest BCUT2D eigenvalue weighted by Crippen LogP contribution is -2.46. The first-order valence-electron chi connectivity index (χ1n) is 6.57. The second-order valence-electron chi connectivity index (χ2n) is 6.19. The predicted molar refractivity (Wildman–Crippen MR) is 71.0 cm³/mol. The summed E-state index contributed by atoms with van der Waals surface area (Å²) in [6.45, 7) is 9.80. The van der Waals surface area contributed by atoms with Crippen LogP contribution < -0.4 is 10.6 Å². The highest BCUT2D eigenvalue weighted by molar-refractivity contribution is 5.78. The highest BCUT2D eigenvalue weighted by Gasteiger charge is 2.18. The van der Waals surface area contributed by atoms with Crippen LogP contribution in [0.15, 0.2) is 0 Å². The Kier molecular flexibility index (Phi) is 5.40. The lowest BCUT2D eigenvalue weighted by Gasteiger charge is -2.28. The van der Waals surface area contributed by atoms with Gasteiger partial charge in [-0.05, 0) is 59.7 Å². The van der Waals surface area contributed by atoms with E-state index in [9.17, 15) is 4.79 Å². The summed E-state index contributed by atoms with van der Waals surface area (Å²) in [4.78, 5) is 13.9. The smallest absolute Gasteiger partial charge is 0.234 e. The van der Waals surface area contributed by atoms with E-state index in [0.29, 0.717) is 6.54 Å². The standard InChI is InChI=1S/C13H27N3O/c1-13(2,3)15-12(17)10-16(4)9-11-5-7-14-8-6-11/h11,14H,5-10H2,1-4H3,(H,15,17). The number of hydrogen-bond donors (Lipinski definition) is 2. The summed E-state index contributed by atoms with van der Waals surface area (Å²) in [5.41, 5.74) is -0.132. The molecule has 0 radical (unpaired) electrons. The Labute approximate surface area is 105 Å². The van der Waals surface area contributed by atoms with Crippen LogP contribution >= 0.6 is 0 Å². The summed E-state index contributed by atoms with van der Waals surface area (Å²) >= 11 is 0. The first-order valence-corrected chi connectivity index (χ1v) is 6.57. The average Bonchev–Trinajstić information content (AvgIpc) is 2.15. The van der Waals surface area contributed by atoms with Crippen LogP contribution in [0.2, 0.25) is 0 Å². The number of carbonyl (C=O) groups is 1. The van der Waals surface area contributed by atoms with E-state index in [0.717, 1.165) is 25.6 Å². The first kappa shape index (κ1) is 14.5. The molecule has 0 spiro atoms. The third-order valence-corrected chi connectivity index (χ3v) is 2.96. The molecule has 1 aliphatic rings. The van der Waals surface area contributed by atoms with Crippen LogP contribution in [0.3, 0.4) is 0 Å². The number of amides is 1. The van der Waals surface area contributed by atoms with Gasteiger partial charge in [0.15, 0.2) is 0 Å². The number of carbonyl (C=O) groups excluding carboxylic acids is 1. The van der Waals surface area contributed by atoms with Gasteiger partial charge < -0.3 is 10.6 Å². The van der Waals surface area contributed by atoms with Crippen molar-refractivity contribution in [2.24, 2.45) is 5.92 Å². The minimum atomic E-state index is -0.132. The third kappa shape index (κ3) is 6.64. The maximum Gasteiger partial charge on any atom is 0.234 e. The van der Waals surface area contributed by atoms with Crippen LogP contribution in [0.4, 0.5) is 0 Å². The van der Waals surface area contributed by atoms with Gasteiger partial charge in [-0.15, -0.1) is 0 Å². The van der Waals surface area contributed by atoms with Gasteiger partial charge >= 0.3 is 0 Å². The van der Waals surface area contributed by atoms with Gasteiger partial charge in [0, 0.05) is 12.1 Å². The van der Waals surface area contributed by atoms with Gasteiger partial charge in [0.1, 0.15) is 0 Å². The molecule has 17 heavy (non-hydrogen) atoms. The van der Waals surface area contributed by atoms with Gasteiger partial charge in [0.2, 0.25) is 5.91 Å². The predicted octanol–water partition coefficient (Wildman–Crippen LogP) is 0.833. The maximum absolute atomic E-state index is 11.7. The second-order valence-corrected chi connectivity index (χ2v) is 6.19. The van der Waals surface area contributed by atoms with Crippen LogP contribution in [0, 0.1) is 5.92 Å². The van der Waals surface area contributed by atoms with Crippen molar-refractivity contribution >= 4 is 5.91 Å². The molecule has 4 heteroatoms. The number of nitrogens with zero attached hydrogens (tertiary/aromatic N) is 1. The number of likely N-dealkylation sites (N-methyl/N-ethyl adjacent to an activating group) is 1. The number of rotatable bonds is 4. The Hall–Kier alpha value is -0.610. The lowest BCUT2D eigenvalue weighted by molar-refractivity contribution is -0.123. The van der Waals surface area contributed by atoms with Crippen molar-refractivity contribution in [2.75, 3.05) is 33.2 Å². The molecule has 1 saturated heterocycles. The zero-order valence-electron chi connectivity index (χ0n) is 11.7. The quantitative estimate of drug-likeness (QED) is 0.766. The van der Waals surface area contributed by atoms with E-state index in [2.05, 4.69) is 15.5 Å². The van der Waals surface area contributed by atoms with Crippen LogP contribution in [-0.4, -0.2) is 49.6 Å². The third-order valence-electron chi connectivity index (χ3n) is 2.96. The fourth-order valence-electron chi connectivity index (χ4n) is 2.27. The summed E-state index contributed by atoms with van der Waals surface area (Å²) in [5.74, 6) is 0.859. The zero-order chi connectivity index (χ0) is 12.9.